The molecule has 4 nitrogen and oxygen atoms in total. The van der Waals surface area contributed by atoms with Gasteiger partial charge in [0.2, 0.25) is 0 Å². The molecule has 0 aliphatic heterocycles. The van der Waals surface area contributed by atoms with Gasteiger partial charge in [0.1, 0.15) is 0 Å². The maximum atomic E-state index is 9.02. The second kappa shape index (κ2) is 13.3. The van der Waals surface area contributed by atoms with Crippen molar-refractivity contribution < 1.29 is 6.85 Å². The van der Waals surface area contributed by atoms with Crippen molar-refractivity contribution in [3.63, 3.8) is 0 Å². The Hall–Kier alpha value is -7.21. The zero-order valence-corrected chi connectivity index (χ0v) is 30.6. The van der Waals surface area contributed by atoms with Gasteiger partial charge in [-0.25, -0.2) is 15.0 Å². The lowest BCUT2D eigenvalue weighted by Gasteiger charge is -2.14. The molecule has 0 fully saturated rings. The molecule has 0 radical (unpaired) electrons. The number of fused-ring (bicyclic) bond motifs is 6. The zero-order valence-electron chi connectivity index (χ0n) is 34.8. The fourth-order valence-corrected chi connectivity index (χ4v) is 9.19. The summed E-state index contributed by atoms with van der Waals surface area (Å²) in [5, 5.41) is 4.36. The Bertz CT molecular complexity index is 3470. The summed E-state index contributed by atoms with van der Waals surface area (Å²) >= 11 is 1.67. The Morgan fingerprint density at radius 3 is 1.61 bits per heavy atom. The molecule has 11 rings (SSSR count). The van der Waals surface area contributed by atoms with E-state index < -0.39 is 18.1 Å². The molecule has 8 aromatic carbocycles. The number of hydrogen-bond donors (Lipinski definition) is 0. The van der Waals surface area contributed by atoms with Crippen LogP contribution in [0.3, 0.4) is 0 Å². The summed E-state index contributed by atoms with van der Waals surface area (Å²) in [6, 6.07) is 53.6. The van der Waals surface area contributed by atoms with Gasteiger partial charge in [-0.15, -0.1) is 11.3 Å². The van der Waals surface area contributed by atoms with E-state index in [4.69, 9.17) is 21.8 Å². The highest BCUT2D eigenvalue weighted by Crippen LogP contribution is 2.46. The number of nitrogens with zero attached hydrogens (tertiary/aromatic N) is 4. The van der Waals surface area contributed by atoms with Gasteiger partial charge in [-0.3, -0.25) is 0 Å². The number of para-hydroxylation sites is 2. The monoisotopic (exact) mass is 737 g/mol. The van der Waals surface area contributed by atoms with Crippen molar-refractivity contribution in [2.45, 2.75) is 0 Å². The van der Waals surface area contributed by atoms with Crippen molar-refractivity contribution in [1.82, 2.24) is 19.5 Å². The van der Waals surface area contributed by atoms with E-state index in [-0.39, 0.29) is 23.5 Å². The minimum Gasteiger partial charge on any atom is -0.309 e. The van der Waals surface area contributed by atoms with E-state index in [0.29, 0.717) is 17.2 Å². The Labute approximate surface area is 334 Å². The van der Waals surface area contributed by atoms with Crippen molar-refractivity contribution in [2.24, 2.45) is 0 Å². The zero-order chi connectivity index (χ0) is 41.4. The molecule has 0 unspecified atom stereocenters. The van der Waals surface area contributed by atoms with Gasteiger partial charge in [0.25, 0.3) is 0 Å². The van der Waals surface area contributed by atoms with Crippen LogP contribution >= 0.6 is 11.3 Å². The molecule has 262 valence electrons. The summed E-state index contributed by atoms with van der Waals surface area (Å²) in [6.07, 6.45) is 0. The topological polar surface area (TPSA) is 43.6 Å². The Kier molecular flexibility index (Phi) is 6.49. The second-order valence-electron chi connectivity index (χ2n) is 13.6. The second-order valence-corrected chi connectivity index (χ2v) is 14.6. The minimum absolute atomic E-state index is 0.0126. The van der Waals surface area contributed by atoms with Crippen LogP contribution < -0.4 is 0 Å². The number of benzene rings is 8. The fraction of sp³-hybridized carbons (Fsp3) is 0. The molecule has 0 amide bonds. The lowest BCUT2D eigenvalue weighted by molar-refractivity contribution is 1.07. The lowest BCUT2D eigenvalue weighted by atomic mass is 9.99. The molecular formula is C51H32N4S. The molecule has 0 aliphatic rings. The summed E-state index contributed by atoms with van der Waals surface area (Å²) in [6.45, 7) is 0. The number of aromatic nitrogens is 4. The molecule has 0 N–H and O–H groups in total. The van der Waals surface area contributed by atoms with E-state index in [0.717, 1.165) is 75.5 Å². The van der Waals surface area contributed by atoms with Crippen LogP contribution in [0.1, 0.15) is 6.85 Å². The number of hydrogen-bond acceptors (Lipinski definition) is 4. The standard InChI is InChI=1S/C51H32N4S/c1-4-17-33(18-5-1)37-23-10-11-26-42(37)50-52-49(35-21-8-3-9-22-35)53-51(54-50)44-32-36(55-45-29-14-12-24-39(45)40-25-13-15-30-46(40)55)31-43-41-28-16-27-38(47(41)56-48(43)44)34-19-6-2-7-20-34/h1-32H/i3D,8D,9D,21D,22D. The third kappa shape index (κ3) is 5.32. The fourth-order valence-electron chi connectivity index (χ4n) is 7.86. The first-order chi connectivity index (χ1) is 29.9. The predicted molar refractivity (Wildman–Crippen MR) is 234 cm³/mol. The summed E-state index contributed by atoms with van der Waals surface area (Å²) < 4.78 is 47.9. The minimum atomic E-state index is -0.484. The van der Waals surface area contributed by atoms with E-state index in [9.17, 15) is 0 Å². The molecule has 56 heavy (non-hydrogen) atoms. The molecule has 3 aromatic heterocycles. The highest BCUT2D eigenvalue weighted by Gasteiger charge is 2.22. The molecule has 3 heterocycles. The SMILES string of the molecule is [2H]c1c([2H])c([2H])c(-c2nc(-c3ccccc3-c3ccccc3)nc(-c3cc(-n4c5ccccc5c5ccccc54)cc4c3sc3c(-c5ccccc5)cccc34)n2)c([2H])c1[2H]. The van der Waals surface area contributed by atoms with Crippen molar-refractivity contribution in [1.29, 1.82) is 0 Å². The van der Waals surface area contributed by atoms with Gasteiger partial charge < -0.3 is 4.57 Å². The number of rotatable bonds is 6. The van der Waals surface area contributed by atoms with Crippen LogP contribution in [0.25, 0.3) is 104 Å². The Morgan fingerprint density at radius 1 is 0.393 bits per heavy atom. The van der Waals surface area contributed by atoms with E-state index >= 15 is 0 Å². The van der Waals surface area contributed by atoms with Crippen LogP contribution in [0.15, 0.2) is 194 Å². The largest absolute Gasteiger partial charge is 0.309 e. The highest BCUT2D eigenvalue weighted by molar-refractivity contribution is 7.26. The van der Waals surface area contributed by atoms with Crippen molar-refractivity contribution >= 4 is 53.3 Å². The maximum Gasteiger partial charge on any atom is 0.165 e. The highest BCUT2D eigenvalue weighted by atomic mass is 32.1. The van der Waals surface area contributed by atoms with Gasteiger partial charge in [0.05, 0.1) is 17.9 Å². The summed E-state index contributed by atoms with van der Waals surface area (Å²) in [5.74, 6) is 0.615. The Balaban J connectivity index is 1.28. The van der Waals surface area contributed by atoms with Crippen LogP contribution in [-0.4, -0.2) is 19.5 Å². The smallest absolute Gasteiger partial charge is 0.165 e. The molecule has 0 aliphatic carbocycles. The first kappa shape index (κ1) is 27.4. The molecule has 11 aromatic rings. The van der Waals surface area contributed by atoms with Gasteiger partial charge in [-0.1, -0.05) is 170 Å². The first-order valence-corrected chi connectivity index (χ1v) is 19.2. The predicted octanol–water partition coefficient (Wildman–Crippen LogP) is 13.7. The van der Waals surface area contributed by atoms with Crippen molar-refractivity contribution in [3.8, 4) is 62.1 Å². The normalized spacial score (nSPS) is 12.8. The first-order valence-electron chi connectivity index (χ1n) is 20.9. The Morgan fingerprint density at radius 2 is 0.911 bits per heavy atom. The van der Waals surface area contributed by atoms with E-state index in [1.165, 1.54) is 0 Å². The van der Waals surface area contributed by atoms with Gasteiger partial charge >= 0.3 is 0 Å². The van der Waals surface area contributed by atoms with Gasteiger partial charge in [-0.05, 0) is 46.5 Å². The van der Waals surface area contributed by atoms with Crippen LogP contribution in [0.4, 0.5) is 0 Å². The van der Waals surface area contributed by atoms with E-state index in [1.54, 1.807) is 11.3 Å². The van der Waals surface area contributed by atoms with Gasteiger partial charge in [0, 0.05) is 53.3 Å². The van der Waals surface area contributed by atoms with E-state index in [2.05, 4.69) is 95.6 Å². The molecule has 0 spiro atoms. The van der Waals surface area contributed by atoms with Crippen molar-refractivity contribution in [3.05, 3.63) is 194 Å². The van der Waals surface area contributed by atoms with Crippen molar-refractivity contribution in [2.75, 3.05) is 0 Å². The van der Waals surface area contributed by atoms with Gasteiger partial charge in [-0.2, -0.15) is 0 Å². The maximum absolute atomic E-state index is 9.02. The quantitative estimate of drug-likeness (QED) is 0.171. The lowest BCUT2D eigenvalue weighted by Crippen LogP contribution is -2.02. The van der Waals surface area contributed by atoms with Crippen LogP contribution in [0.2, 0.25) is 0 Å². The van der Waals surface area contributed by atoms with Gasteiger partial charge in [0.15, 0.2) is 17.5 Å². The van der Waals surface area contributed by atoms with Crippen LogP contribution in [0, 0.1) is 0 Å². The summed E-state index contributed by atoms with van der Waals surface area (Å²) in [5.41, 5.74) is 8.39. The molecule has 0 saturated carbocycles. The third-order valence-electron chi connectivity index (χ3n) is 10.4. The molecular weight excluding hydrogens is 701 g/mol. The molecule has 0 bridgehead atoms. The molecule has 0 atom stereocenters. The van der Waals surface area contributed by atoms with E-state index in [1.807, 2.05) is 72.8 Å². The molecule has 0 saturated heterocycles. The summed E-state index contributed by atoms with van der Waals surface area (Å²) in [4.78, 5) is 15.3. The van der Waals surface area contributed by atoms with Crippen LogP contribution in [-0.2, 0) is 0 Å². The van der Waals surface area contributed by atoms with Crippen LogP contribution in [0.5, 0.6) is 0 Å². The molecule has 5 heteroatoms. The average Bonchev–Trinajstić information content (AvgIpc) is 3.86. The summed E-state index contributed by atoms with van der Waals surface area (Å²) in [7, 11) is 0. The number of thiophene rings is 1. The third-order valence-corrected chi connectivity index (χ3v) is 11.6. The average molecular weight is 738 g/mol.